The molecule has 0 saturated heterocycles. The second-order valence-electron chi connectivity index (χ2n) is 7.51. The van der Waals surface area contributed by atoms with Gasteiger partial charge in [0.1, 0.15) is 13.2 Å². The number of rotatable bonds is 4. The van der Waals surface area contributed by atoms with E-state index in [0.29, 0.717) is 25.5 Å². The topological polar surface area (TPSA) is 56.6 Å². The van der Waals surface area contributed by atoms with Crippen molar-refractivity contribution in [2.24, 2.45) is 0 Å². The third-order valence-electron chi connectivity index (χ3n) is 5.51. The van der Waals surface area contributed by atoms with Crippen molar-refractivity contribution in [3.8, 4) is 17.2 Å². The van der Waals surface area contributed by atoms with Gasteiger partial charge in [0.2, 0.25) is 0 Å². The van der Waals surface area contributed by atoms with Crippen LogP contribution in [0.25, 0.3) is 5.69 Å². The molecule has 6 heteroatoms. The monoisotopic (exact) mass is 389 g/mol. The van der Waals surface area contributed by atoms with E-state index in [2.05, 4.69) is 0 Å². The highest BCUT2D eigenvalue weighted by Crippen LogP contribution is 2.32. The second kappa shape index (κ2) is 7.28. The maximum atomic E-state index is 13.2. The molecule has 0 saturated carbocycles. The highest BCUT2D eigenvalue weighted by molar-refractivity contribution is 5.94. The maximum Gasteiger partial charge on any atom is 0.274 e. The smallest absolute Gasteiger partial charge is 0.274 e. The summed E-state index contributed by atoms with van der Waals surface area (Å²) in [6.45, 7) is 1.61. The molecule has 1 aliphatic heterocycles. The lowest BCUT2D eigenvalue weighted by Crippen LogP contribution is -2.27. The lowest BCUT2D eigenvalue weighted by Gasteiger charge is -2.21. The lowest BCUT2D eigenvalue weighted by molar-refractivity contribution is 0.0777. The summed E-state index contributed by atoms with van der Waals surface area (Å²) in [5.41, 5.74) is 4.82. The number of fused-ring (bicyclic) bond motifs is 2. The molecule has 1 amide bonds. The van der Waals surface area contributed by atoms with Crippen molar-refractivity contribution in [1.82, 2.24) is 14.7 Å². The van der Waals surface area contributed by atoms with Crippen LogP contribution < -0.4 is 9.47 Å². The first-order valence-corrected chi connectivity index (χ1v) is 10.0. The normalized spacial score (nSPS) is 14.5. The average Bonchev–Trinajstić information content (AvgIpc) is 3.36. The molecule has 2 heterocycles. The Morgan fingerprint density at radius 1 is 1.07 bits per heavy atom. The fourth-order valence-corrected chi connectivity index (χ4v) is 4.10. The van der Waals surface area contributed by atoms with Crippen molar-refractivity contribution >= 4 is 5.91 Å². The molecule has 0 spiro atoms. The molecule has 148 valence electrons. The minimum atomic E-state index is -0.0484. The predicted molar refractivity (Wildman–Crippen MR) is 109 cm³/mol. The number of hydrogen-bond donors (Lipinski definition) is 0. The standard InChI is InChI=1S/C23H23N3O3/c1-25(15-16-10-11-20-21(14-16)29-13-12-28-20)23(27)22-18-8-5-9-19(18)26(24-22)17-6-3-2-4-7-17/h2-4,6-7,10-11,14H,5,8-9,12-13,15H2,1H3. The van der Waals surface area contributed by atoms with Crippen LogP contribution in [0.4, 0.5) is 0 Å². The summed E-state index contributed by atoms with van der Waals surface area (Å²) in [7, 11) is 1.82. The van der Waals surface area contributed by atoms with E-state index in [1.54, 1.807) is 4.90 Å². The van der Waals surface area contributed by atoms with Gasteiger partial charge in [-0.2, -0.15) is 5.10 Å². The van der Waals surface area contributed by atoms with E-state index in [4.69, 9.17) is 14.6 Å². The zero-order valence-electron chi connectivity index (χ0n) is 16.4. The zero-order chi connectivity index (χ0) is 19.8. The molecule has 3 aromatic rings. The summed E-state index contributed by atoms with van der Waals surface area (Å²) < 4.78 is 13.2. The van der Waals surface area contributed by atoms with E-state index < -0.39 is 0 Å². The molecule has 0 unspecified atom stereocenters. The van der Waals surface area contributed by atoms with Crippen LogP contribution in [0.15, 0.2) is 48.5 Å². The van der Waals surface area contributed by atoms with Gasteiger partial charge in [-0.3, -0.25) is 4.79 Å². The Morgan fingerprint density at radius 2 is 1.86 bits per heavy atom. The molecule has 1 aliphatic carbocycles. The highest BCUT2D eigenvalue weighted by atomic mass is 16.6. The number of nitrogens with zero attached hydrogens (tertiary/aromatic N) is 3. The average molecular weight is 389 g/mol. The minimum Gasteiger partial charge on any atom is -0.486 e. The lowest BCUT2D eigenvalue weighted by atomic mass is 10.1. The van der Waals surface area contributed by atoms with Crippen LogP contribution in [-0.2, 0) is 19.4 Å². The largest absolute Gasteiger partial charge is 0.486 e. The van der Waals surface area contributed by atoms with E-state index in [0.717, 1.165) is 53.3 Å². The third-order valence-corrected chi connectivity index (χ3v) is 5.51. The van der Waals surface area contributed by atoms with Gasteiger partial charge in [-0.25, -0.2) is 4.68 Å². The SMILES string of the molecule is CN(Cc1ccc2c(c1)OCCO2)C(=O)c1nn(-c2ccccc2)c2c1CCC2. The Hall–Kier alpha value is -3.28. The van der Waals surface area contributed by atoms with Gasteiger partial charge in [0.25, 0.3) is 5.91 Å². The summed E-state index contributed by atoms with van der Waals surface area (Å²) >= 11 is 0. The summed E-state index contributed by atoms with van der Waals surface area (Å²) in [6, 6.07) is 15.9. The van der Waals surface area contributed by atoms with Gasteiger partial charge < -0.3 is 14.4 Å². The van der Waals surface area contributed by atoms with E-state index in [-0.39, 0.29) is 5.91 Å². The summed E-state index contributed by atoms with van der Waals surface area (Å²) in [4.78, 5) is 15.0. The molecule has 0 radical (unpaired) electrons. The predicted octanol–water partition coefficient (Wildman–Crippen LogP) is 3.40. The van der Waals surface area contributed by atoms with Gasteiger partial charge in [-0.1, -0.05) is 24.3 Å². The molecule has 1 aromatic heterocycles. The van der Waals surface area contributed by atoms with Gasteiger partial charge in [0, 0.05) is 24.8 Å². The minimum absolute atomic E-state index is 0.0484. The van der Waals surface area contributed by atoms with Crippen molar-refractivity contribution in [2.75, 3.05) is 20.3 Å². The number of ether oxygens (including phenoxy) is 2. The van der Waals surface area contributed by atoms with E-state index in [9.17, 15) is 4.79 Å². The van der Waals surface area contributed by atoms with Crippen LogP contribution in [0, 0.1) is 0 Å². The first kappa shape index (κ1) is 17.8. The summed E-state index contributed by atoms with van der Waals surface area (Å²) in [5, 5.41) is 4.72. The Bertz CT molecular complexity index is 1060. The number of carbonyl (C=O) groups excluding carboxylic acids is 1. The van der Waals surface area contributed by atoms with Crippen molar-refractivity contribution in [1.29, 1.82) is 0 Å². The molecule has 2 aliphatic rings. The second-order valence-corrected chi connectivity index (χ2v) is 7.51. The quantitative estimate of drug-likeness (QED) is 0.686. The van der Waals surface area contributed by atoms with Crippen LogP contribution in [0.2, 0.25) is 0 Å². The van der Waals surface area contributed by atoms with Gasteiger partial charge in [-0.05, 0) is 49.1 Å². The van der Waals surface area contributed by atoms with Crippen LogP contribution in [0.1, 0.15) is 33.7 Å². The van der Waals surface area contributed by atoms with Gasteiger partial charge in [0.15, 0.2) is 17.2 Å². The number of benzene rings is 2. The zero-order valence-corrected chi connectivity index (χ0v) is 16.4. The van der Waals surface area contributed by atoms with E-state index in [1.165, 1.54) is 0 Å². The summed E-state index contributed by atoms with van der Waals surface area (Å²) in [5.74, 6) is 1.45. The van der Waals surface area contributed by atoms with Crippen LogP contribution >= 0.6 is 0 Å². The molecule has 0 bridgehead atoms. The first-order chi connectivity index (χ1) is 14.2. The molecule has 6 nitrogen and oxygen atoms in total. The number of hydrogen-bond acceptors (Lipinski definition) is 4. The van der Waals surface area contributed by atoms with Gasteiger partial charge >= 0.3 is 0 Å². The molecule has 0 N–H and O–H groups in total. The molecule has 2 aromatic carbocycles. The molecule has 0 atom stereocenters. The van der Waals surface area contributed by atoms with Crippen LogP contribution in [0.5, 0.6) is 11.5 Å². The van der Waals surface area contributed by atoms with Crippen LogP contribution in [-0.4, -0.2) is 40.8 Å². The van der Waals surface area contributed by atoms with E-state index >= 15 is 0 Å². The third kappa shape index (κ3) is 3.24. The fourth-order valence-electron chi connectivity index (χ4n) is 4.10. The summed E-state index contributed by atoms with van der Waals surface area (Å²) in [6.07, 6.45) is 2.92. The number of para-hydroxylation sites is 1. The number of amides is 1. The van der Waals surface area contributed by atoms with Gasteiger partial charge in [-0.15, -0.1) is 0 Å². The Labute approximate surface area is 169 Å². The molecule has 5 rings (SSSR count). The molecular weight excluding hydrogens is 366 g/mol. The number of aromatic nitrogens is 2. The molecule has 29 heavy (non-hydrogen) atoms. The maximum absolute atomic E-state index is 13.2. The van der Waals surface area contributed by atoms with Crippen molar-refractivity contribution in [2.45, 2.75) is 25.8 Å². The first-order valence-electron chi connectivity index (χ1n) is 10.0. The number of carbonyl (C=O) groups is 1. The van der Waals surface area contributed by atoms with E-state index in [1.807, 2.05) is 60.3 Å². The van der Waals surface area contributed by atoms with Crippen molar-refractivity contribution in [3.05, 3.63) is 71.0 Å². The van der Waals surface area contributed by atoms with Gasteiger partial charge in [0.05, 0.1) is 5.69 Å². The molecular formula is C23H23N3O3. The van der Waals surface area contributed by atoms with Crippen molar-refractivity contribution in [3.63, 3.8) is 0 Å². The van der Waals surface area contributed by atoms with Crippen LogP contribution in [0.3, 0.4) is 0 Å². The Balaban J connectivity index is 1.41. The Morgan fingerprint density at radius 3 is 2.69 bits per heavy atom. The fraction of sp³-hybridized carbons (Fsp3) is 0.304. The Kier molecular flexibility index (Phi) is 4.46. The van der Waals surface area contributed by atoms with Crippen molar-refractivity contribution < 1.29 is 14.3 Å². The molecule has 0 fully saturated rings. The highest BCUT2D eigenvalue weighted by Gasteiger charge is 2.28.